The fourth-order valence-corrected chi connectivity index (χ4v) is 2.89. The van der Waals surface area contributed by atoms with Crippen LogP contribution in [0.5, 0.6) is 0 Å². The topological polar surface area (TPSA) is 74.0 Å². The second-order valence-corrected chi connectivity index (χ2v) is 6.46. The first-order valence-electron chi connectivity index (χ1n) is 8.60. The number of hydrogen-bond donors (Lipinski definition) is 1. The van der Waals surface area contributed by atoms with Crippen molar-refractivity contribution in [3.8, 4) is 0 Å². The van der Waals surface area contributed by atoms with E-state index in [0.29, 0.717) is 31.2 Å². The van der Waals surface area contributed by atoms with Crippen LogP contribution in [0.4, 0.5) is 0 Å². The number of carbonyl (C=O) groups excluding carboxylic acids is 1. The Hall–Kier alpha value is -2.54. The van der Waals surface area contributed by atoms with Gasteiger partial charge in [-0.15, -0.1) is 0 Å². The van der Waals surface area contributed by atoms with E-state index in [9.17, 15) is 4.79 Å². The zero-order chi connectivity index (χ0) is 18.4. The summed E-state index contributed by atoms with van der Waals surface area (Å²) in [6.07, 6.45) is 1.52. The number of piperazine rings is 1. The SMILES string of the molecule is CCNC(=NCc1ccon1)N1CCN(Cc2ccc(Cl)cc2)C(=O)C1. The lowest BCUT2D eigenvalue weighted by atomic mass is 10.2. The number of aromatic nitrogens is 1. The second kappa shape index (κ2) is 8.71. The van der Waals surface area contributed by atoms with Gasteiger partial charge in [0.05, 0.1) is 13.1 Å². The summed E-state index contributed by atoms with van der Waals surface area (Å²) in [5.41, 5.74) is 1.83. The molecular formula is C18H22ClN5O2. The van der Waals surface area contributed by atoms with Crippen molar-refractivity contribution in [1.29, 1.82) is 0 Å². The highest BCUT2D eigenvalue weighted by Gasteiger charge is 2.26. The van der Waals surface area contributed by atoms with E-state index in [1.54, 1.807) is 6.07 Å². The maximum atomic E-state index is 12.6. The van der Waals surface area contributed by atoms with Crippen molar-refractivity contribution in [2.24, 2.45) is 4.99 Å². The van der Waals surface area contributed by atoms with Crippen LogP contribution in [0.2, 0.25) is 5.02 Å². The molecule has 2 aromatic rings. The summed E-state index contributed by atoms with van der Waals surface area (Å²) in [5, 5.41) is 7.80. The number of benzene rings is 1. The number of hydrogen-bond acceptors (Lipinski definition) is 4. The van der Waals surface area contributed by atoms with Crippen LogP contribution < -0.4 is 5.32 Å². The van der Waals surface area contributed by atoms with Crippen molar-refractivity contribution in [2.75, 3.05) is 26.2 Å². The lowest BCUT2D eigenvalue weighted by molar-refractivity contribution is -0.135. The van der Waals surface area contributed by atoms with Gasteiger partial charge in [-0.2, -0.15) is 0 Å². The average molecular weight is 376 g/mol. The van der Waals surface area contributed by atoms with Gasteiger partial charge in [0.2, 0.25) is 5.91 Å². The number of nitrogens with one attached hydrogen (secondary N) is 1. The van der Waals surface area contributed by atoms with Gasteiger partial charge < -0.3 is 19.6 Å². The molecule has 1 aromatic heterocycles. The fraction of sp³-hybridized carbons (Fsp3) is 0.389. The van der Waals surface area contributed by atoms with Crippen LogP contribution in [0.3, 0.4) is 0 Å². The number of halogens is 1. The summed E-state index contributed by atoms with van der Waals surface area (Å²) in [5.74, 6) is 0.799. The van der Waals surface area contributed by atoms with Gasteiger partial charge in [-0.25, -0.2) is 4.99 Å². The molecule has 1 fully saturated rings. The van der Waals surface area contributed by atoms with Gasteiger partial charge in [-0.1, -0.05) is 28.9 Å². The van der Waals surface area contributed by atoms with E-state index in [2.05, 4.69) is 15.5 Å². The van der Waals surface area contributed by atoms with Gasteiger partial charge in [0, 0.05) is 37.3 Å². The molecule has 0 unspecified atom stereocenters. The van der Waals surface area contributed by atoms with Gasteiger partial charge in [-0.3, -0.25) is 4.79 Å². The number of nitrogens with zero attached hydrogens (tertiary/aromatic N) is 4. The van der Waals surface area contributed by atoms with Gasteiger partial charge in [0.25, 0.3) is 0 Å². The third kappa shape index (κ3) is 4.76. The van der Waals surface area contributed by atoms with E-state index in [-0.39, 0.29) is 5.91 Å². The molecule has 0 saturated carbocycles. The molecule has 0 aliphatic carbocycles. The van der Waals surface area contributed by atoms with Gasteiger partial charge in [0.15, 0.2) is 5.96 Å². The Kier molecular flexibility index (Phi) is 6.12. The maximum absolute atomic E-state index is 12.6. The van der Waals surface area contributed by atoms with Crippen LogP contribution in [-0.4, -0.2) is 53.0 Å². The Morgan fingerprint density at radius 2 is 2.12 bits per heavy atom. The first-order chi connectivity index (χ1) is 12.7. The monoisotopic (exact) mass is 375 g/mol. The molecule has 1 aromatic carbocycles. The molecule has 8 heteroatoms. The molecule has 0 radical (unpaired) electrons. The summed E-state index contributed by atoms with van der Waals surface area (Å²) in [6.45, 7) is 5.42. The van der Waals surface area contributed by atoms with Gasteiger partial charge >= 0.3 is 0 Å². The third-order valence-electron chi connectivity index (χ3n) is 4.12. The molecule has 0 bridgehead atoms. The van der Waals surface area contributed by atoms with Crippen molar-refractivity contribution in [1.82, 2.24) is 20.3 Å². The molecule has 7 nitrogen and oxygen atoms in total. The van der Waals surface area contributed by atoms with Gasteiger partial charge in [0.1, 0.15) is 12.0 Å². The first-order valence-corrected chi connectivity index (χ1v) is 8.98. The van der Waals surface area contributed by atoms with E-state index in [0.717, 1.165) is 30.3 Å². The number of amides is 1. The Morgan fingerprint density at radius 1 is 1.31 bits per heavy atom. The molecule has 26 heavy (non-hydrogen) atoms. The van der Waals surface area contributed by atoms with Crippen molar-refractivity contribution in [3.63, 3.8) is 0 Å². The molecule has 1 aliphatic rings. The molecule has 1 saturated heterocycles. The van der Waals surface area contributed by atoms with Crippen molar-refractivity contribution >= 4 is 23.5 Å². The Labute approximate surface area is 157 Å². The van der Waals surface area contributed by atoms with E-state index in [1.807, 2.05) is 41.0 Å². The molecule has 138 valence electrons. The van der Waals surface area contributed by atoms with Crippen LogP contribution in [-0.2, 0) is 17.9 Å². The van der Waals surface area contributed by atoms with Crippen molar-refractivity contribution in [3.05, 3.63) is 52.9 Å². The molecule has 1 aliphatic heterocycles. The lowest BCUT2D eigenvalue weighted by Gasteiger charge is -2.36. The third-order valence-corrected chi connectivity index (χ3v) is 4.37. The molecule has 0 atom stereocenters. The van der Waals surface area contributed by atoms with Crippen LogP contribution in [0.25, 0.3) is 0 Å². The minimum Gasteiger partial charge on any atom is -0.364 e. The highest BCUT2D eigenvalue weighted by atomic mass is 35.5. The van der Waals surface area contributed by atoms with E-state index < -0.39 is 0 Å². The maximum Gasteiger partial charge on any atom is 0.242 e. The minimum absolute atomic E-state index is 0.0817. The van der Waals surface area contributed by atoms with Crippen molar-refractivity contribution < 1.29 is 9.32 Å². The summed E-state index contributed by atoms with van der Waals surface area (Å²) >= 11 is 5.92. The molecule has 1 amide bonds. The average Bonchev–Trinajstić information content (AvgIpc) is 3.16. The summed E-state index contributed by atoms with van der Waals surface area (Å²) in [7, 11) is 0. The van der Waals surface area contributed by atoms with Gasteiger partial charge in [-0.05, 0) is 24.6 Å². The number of aliphatic imine (C=N–C) groups is 1. The zero-order valence-electron chi connectivity index (χ0n) is 14.7. The molecule has 3 rings (SSSR count). The largest absolute Gasteiger partial charge is 0.364 e. The fourth-order valence-electron chi connectivity index (χ4n) is 2.77. The molecule has 0 spiro atoms. The van der Waals surface area contributed by atoms with E-state index in [1.165, 1.54) is 6.26 Å². The van der Waals surface area contributed by atoms with Crippen LogP contribution in [0, 0.1) is 0 Å². The summed E-state index contributed by atoms with van der Waals surface area (Å²) < 4.78 is 4.82. The highest BCUT2D eigenvalue weighted by molar-refractivity contribution is 6.30. The second-order valence-electron chi connectivity index (χ2n) is 6.02. The van der Waals surface area contributed by atoms with Crippen LogP contribution in [0.1, 0.15) is 18.2 Å². The number of rotatable bonds is 5. The van der Waals surface area contributed by atoms with E-state index in [4.69, 9.17) is 16.1 Å². The quantitative estimate of drug-likeness (QED) is 0.640. The smallest absolute Gasteiger partial charge is 0.242 e. The Morgan fingerprint density at radius 3 is 2.77 bits per heavy atom. The molecule has 2 heterocycles. The Balaban J connectivity index is 1.61. The van der Waals surface area contributed by atoms with E-state index >= 15 is 0 Å². The molecular weight excluding hydrogens is 354 g/mol. The summed E-state index contributed by atoms with van der Waals surface area (Å²) in [6, 6.07) is 9.37. The predicted octanol–water partition coefficient (Wildman–Crippen LogP) is 2.14. The zero-order valence-corrected chi connectivity index (χ0v) is 15.4. The minimum atomic E-state index is 0.0817. The number of guanidine groups is 1. The molecule has 1 N–H and O–H groups in total. The van der Waals surface area contributed by atoms with Crippen LogP contribution in [0.15, 0.2) is 46.1 Å². The lowest BCUT2D eigenvalue weighted by Crippen LogP contribution is -2.54. The predicted molar refractivity (Wildman–Crippen MR) is 99.8 cm³/mol. The normalized spacial score (nSPS) is 15.5. The first kappa shape index (κ1) is 18.3. The summed E-state index contributed by atoms with van der Waals surface area (Å²) in [4.78, 5) is 21.0. The van der Waals surface area contributed by atoms with Crippen LogP contribution >= 0.6 is 11.6 Å². The Bertz CT molecular complexity index is 745. The highest BCUT2D eigenvalue weighted by Crippen LogP contribution is 2.14. The standard InChI is InChI=1S/C18H22ClN5O2/c1-2-20-18(21-11-16-7-10-26-22-16)24-9-8-23(17(25)13-24)12-14-3-5-15(19)6-4-14/h3-7,10H,2,8-9,11-13H2,1H3,(H,20,21). The number of carbonyl (C=O) groups is 1. The van der Waals surface area contributed by atoms with Crippen molar-refractivity contribution in [2.45, 2.75) is 20.0 Å².